The van der Waals surface area contributed by atoms with Gasteiger partial charge in [0, 0.05) is 6.04 Å². The highest BCUT2D eigenvalue weighted by Gasteiger charge is 2.26. The zero-order valence-corrected chi connectivity index (χ0v) is 11.9. The number of benzene rings is 1. The van der Waals surface area contributed by atoms with Gasteiger partial charge in [0.05, 0.1) is 12.7 Å². The molecule has 0 radical (unpaired) electrons. The van der Waals surface area contributed by atoms with Gasteiger partial charge < -0.3 is 15.2 Å². The van der Waals surface area contributed by atoms with Gasteiger partial charge in [0.15, 0.2) is 0 Å². The molecule has 1 fully saturated rings. The summed E-state index contributed by atoms with van der Waals surface area (Å²) < 4.78 is 5.48. The number of rotatable bonds is 5. The Hall–Kier alpha value is -1.06. The lowest BCUT2D eigenvalue weighted by Crippen LogP contribution is -2.30. The molecule has 0 saturated heterocycles. The number of hydrogen-bond acceptors (Lipinski definition) is 3. The van der Waals surface area contributed by atoms with E-state index in [0.717, 1.165) is 31.4 Å². The third-order valence-electron chi connectivity index (χ3n) is 4.07. The molecule has 0 aliphatic heterocycles. The van der Waals surface area contributed by atoms with Gasteiger partial charge in [0.25, 0.3) is 0 Å². The van der Waals surface area contributed by atoms with E-state index in [2.05, 4.69) is 17.4 Å². The Morgan fingerprint density at radius 3 is 2.37 bits per heavy atom. The molecule has 0 spiro atoms. The van der Waals surface area contributed by atoms with Crippen molar-refractivity contribution in [2.75, 3.05) is 13.7 Å². The number of aliphatic hydroxyl groups is 1. The van der Waals surface area contributed by atoms with Crippen LogP contribution in [0.5, 0.6) is 5.75 Å². The summed E-state index contributed by atoms with van der Waals surface area (Å²) in [5, 5.41) is 13.0. The molecule has 1 aliphatic rings. The Kier molecular flexibility index (Phi) is 5.23. The molecule has 0 aromatic heterocycles. The van der Waals surface area contributed by atoms with Gasteiger partial charge in [-0.15, -0.1) is 0 Å². The van der Waals surface area contributed by atoms with Crippen LogP contribution in [0.2, 0.25) is 0 Å². The van der Waals surface area contributed by atoms with Crippen molar-refractivity contribution in [1.82, 2.24) is 5.32 Å². The van der Waals surface area contributed by atoms with Crippen LogP contribution < -0.4 is 10.1 Å². The zero-order valence-electron chi connectivity index (χ0n) is 11.9. The van der Waals surface area contributed by atoms with Crippen molar-refractivity contribution in [2.24, 2.45) is 5.92 Å². The summed E-state index contributed by atoms with van der Waals surface area (Å²) in [7, 11) is 2.02. The summed E-state index contributed by atoms with van der Waals surface area (Å²) in [4.78, 5) is 0. The third-order valence-corrected chi connectivity index (χ3v) is 4.07. The van der Waals surface area contributed by atoms with Crippen molar-refractivity contribution in [1.29, 1.82) is 0 Å². The van der Waals surface area contributed by atoms with Crippen molar-refractivity contribution >= 4 is 0 Å². The molecule has 106 valence electrons. The minimum Gasteiger partial charge on any atom is -0.494 e. The molecule has 2 N–H and O–H groups in total. The van der Waals surface area contributed by atoms with Crippen molar-refractivity contribution in [3.05, 3.63) is 29.8 Å². The maximum Gasteiger partial charge on any atom is 0.119 e. The highest BCUT2D eigenvalue weighted by Crippen LogP contribution is 2.34. The van der Waals surface area contributed by atoms with E-state index in [4.69, 9.17) is 4.74 Å². The smallest absolute Gasteiger partial charge is 0.119 e. The van der Waals surface area contributed by atoms with Crippen LogP contribution in [-0.4, -0.2) is 24.9 Å². The van der Waals surface area contributed by atoms with Gasteiger partial charge in [0.1, 0.15) is 5.75 Å². The maximum absolute atomic E-state index is 9.61. The molecule has 1 aromatic rings. The van der Waals surface area contributed by atoms with E-state index in [-0.39, 0.29) is 6.10 Å². The summed E-state index contributed by atoms with van der Waals surface area (Å²) in [6.45, 7) is 2.70. The van der Waals surface area contributed by atoms with Gasteiger partial charge in [-0.05, 0) is 63.3 Å². The molecule has 1 atom stereocenters. The van der Waals surface area contributed by atoms with Gasteiger partial charge in [-0.1, -0.05) is 12.1 Å². The lowest BCUT2D eigenvalue weighted by atomic mass is 9.80. The van der Waals surface area contributed by atoms with Gasteiger partial charge in [-0.2, -0.15) is 0 Å². The largest absolute Gasteiger partial charge is 0.494 e. The number of ether oxygens (including phenoxy) is 1. The van der Waals surface area contributed by atoms with Crippen LogP contribution in [0, 0.1) is 5.92 Å². The number of aliphatic hydroxyl groups excluding tert-OH is 1. The molecule has 0 heterocycles. The van der Waals surface area contributed by atoms with Gasteiger partial charge >= 0.3 is 0 Å². The summed E-state index contributed by atoms with van der Waals surface area (Å²) in [6, 6.07) is 8.76. The molecule has 3 nitrogen and oxygen atoms in total. The highest BCUT2D eigenvalue weighted by atomic mass is 16.5. The third kappa shape index (κ3) is 3.71. The van der Waals surface area contributed by atoms with Crippen LogP contribution >= 0.6 is 0 Å². The Bertz CT molecular complexity index is 369. The van der Waals surface area contributed by atoms with E-state index in [9.17, 15) is 5.11 Å². The molecule has 1 aliphatic carbocycles. The van der Waals surface area contributed by atoms with Gasteiger partial charge in [-0.3, -0.25) is 0 Å². The lowest BCUT2D eigenvalue weighted by Gasteiger charge is -2.32. The first-order valence-corrected chi connectivity index (χ1v) is 7.32. The second kappa shape index (κ2) is 6.92. The first kappa shape index (κ1) is 14.4. The highest BCUT2D eigenvalue weighted by molar-refractivity contribution is 5.29. The zero-order chi connectivity index (χ0) is 13.7. The molecule has 19 heavy (non-hydrogen) atoms. The van der Waals surface area contributed by atoms with Crippen LogP contribution in [0.1, 0.15) is 44.2 Å². The Morgan fingerprint density at radius 1 is 1.21 bits per heavy atom. The minimum absolute atomic E-state index is 0.0888. The molecule has 0 amide bonds. The van der Waals surface area contributed by atoms with E-state index in [1.807, 2.05) is 26.1 Å². The van der Waals surface area contributed by atoms with Crippen LogP contribution in [-0.2, 0) is 0 Å². The van der Waals surface area contributed by atoms with E-state index in [1.54, 1.807) is 0 Å². The topological polar surface area (TPSA) is 41.5 Å². The van der Waals surface area contributed by atoms with Crippen molar-refractivity contribution in [3.8, 4) is 5.75 Å². The quantitative estimate of drug-likeness (QED) is 0.858. The molecular formula is C16H25NO2. The van der Waals surface area contributed by atoms with Crippen LogP contribution in [0.4, 0.5) is 0 Å². The lowest BCUT2D eigenvalue weighted by molar-refractivity contribution is 0.0981. The fraction of sp³-hybridized carbons (Fsp3) is 0.625. The average molecular weight is 263 g/mol. The Balaban J connectivity index is 2.04. The summed E-state index contributed by atoms with van der Waals surface area (Å²) in [6.07, 6.45) is 3.97. The average Bonchev–Trinajstić information content (AvgIpc) is 2.44. The molecule has 1 aromatic carbocycles. The molecule has 1 unspecified atom stereocenters. The predicted molar refractivity (Wildman–Crippen MR) is 77.4 cm³/mol. The normalized spacial score (nSPS) is 25.0. The molecule has 3 heteroatoms. The van der Waals surface area contributed by atoms with Crippen LogP contribution in [0.25, 0.3) is 0 Å². The molecular weight excluding hydrogens is 238 g/mol. The van der Waals surface area contributed by atoms with Crippen molar-refractivity contribution in [3.63, 3.8) is 0 Å². The number of hydrogen-bond donors (Lipinski definition) is 2. The summed E-state index contributed by atoms with van der Waals surface area (Å²) >= 11 is 0. The molecule has 2 rings (SSSR count). The molecule has 1 saturated carbocycles. The van der Waals surface area contributed by atoms with Crippen LogP contribution in [0.15, 0.2) is 24.3 Å². The van der Waals surface area contributed by atoms with Gasteiger partial charge in [0.2, 0.25) is 0 Å². The summed E-state index contributed by atoms with van der Waals surface area (Å²) in [5.41, 5.74) is 1.31. The van der Waals surface area contributed by atoms with Crippen molar-refractivity contribution < 1.29 is 9.84 Å². The van der Waals surface area contributed by atoms with Crippen LogP contribution in [0.3, 0.4) is 0 Å². The molecule has 0 bridgehead atoms. The Morgan fingerprint density at radius 2 is 1.84 bits per heavy atom. The second-order valence-electron chi connectivity index (χ2n) is 5.34. The van der Waals surface area contributed by atoms with E-state index < -0.39 is 0 Å². The van der Waals surface area contributed by atoms with Gasteiger partial charge in [-0.25, -0.2) is 0 Å². The SMILES string of the molecule is CCOc1ccc(C(NC)C2CCC(O)CC2)cc1. The monoisotopic (exact) mass is 263 g/mol. The summed E-state index contributed by atoms with van der Waals surface area (Å²) in [5.74, 6) is 1.55. The standard InChI is InChI=1S/C16H25NO2/c1-3-19-15-10-6-13(7-11-15)16(17-2)12-4-8-14(18)9-5-12/h6-7,10-12,14,16-18H,3-5,8-9H2,1-2H3. The fourth-order valence-corrected chi connectivity index (χ4v) is 3.05. The van der Waals surface area contributed by atoms with Crippen molar-refractivity contribution in [2.45, 2.75) is 44.8 Å². The second-order valence-corrected chi connectivity index (χ2v) is 5.34. The van der Waals surface area contributed by atoms with E-state index in [1.165, 1.54) is 5.56 Å². The minimum atomic E-state index is -0.0888. The Labute approximate surface area is 116 Å². The first-order valence-electron chi connectivity index (χ1n) is 7.32. The van der Waals surface area contributed by atoms with E-state index >= 15 is 0 Å². The predicted octanol–water partition coefficient (Wildman–Crippen LogP) is 2.90. The van der Waals surface area contributed by atoms with E-state index in [0.29, 0.717) is 18.6 Å². The maximum atomic E-state index is 9.61. The fourth-order valence-electron chi connectivity index (χ4n) is 3.05. The first-order chi connectivity index (χ1) is 9.24. The number of nitrogens with one attached hydrogen (secondary N) is 1.